The zero-order valence-corrected chi connectivity index (χ0v) is 18.4. The van der Waals surface area contributed by atoms with Gasteiger partial charge in [0, 0.05) is 23.1 Å². The molecule has 2 N–H and O–H groups in total. The van der Waals surface area contributed by atoms with Gasteiger partial charge in [0.1, 0.15) is 11.0 Å². The minimum atomic E-state index is -3.94. The summed E-state index contributed by atoms with van der Waals surface area (Å²) in [5.74, 6) is -1.76. The van der Waals surface area contributed by atoms with Crippen LogP contribution in [0.4, 0.5) is 0 Å². The van der Waals surface area contributed by atoms with E-state index in [0.717, 1.165) is 0 Å². The first-order chi connectivity index (χ1) is 14.8. The Morgan fingerprint density at radius 1 is 0.903 bits per heavy atom. The molecule has 3 aromatic rings. The summed E-state index contributed by atoms with van der Waals surface area (Å²) in [6.07, 6.45) is 1.33. The molecule has 0 fully saturated rings. The highest BCUT2D eigenvalue weighted by Crippen LogP contribution is 2.29. The van der Waals surface area contributed by atoms with E-state index in [4.69, 9.17) is 27.6 Å². The highest BCUT2D eigenvalue weighted by atomic mass is 35.5. The Balaban J connectivity index is 1.69. The fraction of sp³-hybridized carbons (Fsp3) is 0.143. The molecule has 3 rings (SSSR count). The second-order valence-corrected chi connectivity index (χ2v) is 9.46. The van der Waals surface area contributed by atoms with Crippen LogP contribution in [0.1, 0.15) is 16.6 Å². The first-order valence-electron chi connectivity index (χ1n) is 9.11. The minimum Gasteiger partial charge on any atom is -0.468 e. The summed E-state index contributed by atoms with van der Waals surface area (Å²) in [5, 5.41) is 4.42. The van der Waals surface area contributed by atoms with Gasteiger partial charge in [-0.2, -0.15) is 0 Å². The molecule has 0 aliphatic rings. The number of hydrogen-bond acceptors (Lipinski definition) is 5. The molecule has 0 bridgehead atoms. The van der Waals surface area contributed by atoms with Gasteiger partial charge in [0.15, 0.2) is 9.84 Å². The summed E-state index contributed by atoms with van der Waals surface area (Å²) < 4.78 is 31.5. The number of rotatable bonds is 7. The van der Waals surface area contributed by atoms with Crippen molar-refractivity contribution in [2.75, 3.05) is 6.54 Å². The fourth-order valence-corrected chi connectivity index (χ4v) is 4.70. The number of carbonyl (C=O) groups excluding carboxylic acids is 2. The van der Waals surface area contributed by atoms with E-state index in [-0.39, 0.29) is 23.7 Å². The van der Waals surface area contributed by atoms with E-state index in [2.05, 4.69) is 10.6 Å². The fourth-order valence-electron chi connectivity index (χ4n) is 2.79. The molecule has 0 radical (unpaired) electrons. The Hall–Kier alpha value is -2.81. The molecular formula is C21H18Cl2N2O5S. The molecule has 0 aliphatic carbocycles. The van der Waals surface area contributed by atoms with E-state index in [0.29, 0.717) is 15.6 Å². The topological polar surface area (TPSA) is 105 Å². The van der Waals surface area contributed by atoms with E-state index in [9.17, 15) is 18.0 Å². The lowest BCUT2D eigenvalue weighted by Gasteiger charge is -2.16. The third-order valence-electron chi connectivity index (χ3n) is 4.43. The zero-order valence-electron chi connectivity index (χ0n) is 16.0. The number of amides is 2. The van der Waals surface area contributed by atoms with Crippen molar-refractivity contribution in [3.8, 4) is 0 Å². The minimum absolute atomic E-state index is 0.00993. The molecule has 2 aromatic carbocycles. The van der Waals surface area contributed by atoms with E-state index in [1.165, 1.54) is 42.7 Å². The summed E-state index contributed by atoms with van der Waals surface area (Å²) in [6.45, 7) is -0.312. The maximum absolute atomic E-state index is 13.1. The smallest absolute Gasteiger partial charge is 0.309 e. The molecule has 0 saturated carbocycles. The van der Waals surface area contributed by atoms with Crippen molar-refractivity contribution in [3.63, 3.8) is 0 Å². The van der Waals surface area contributed by atoms with Crippen LogP contribution in [0, 0.1) is 0 Å². The van der Waals surface area contributed by atoms with Gasteiger partial charge >= 0.3 is 11.8 Å². The molecule has 10 heteroatoms. The van der Waals surface area contributed by atoms with Crippen LogP contribution in [0.2, 0.25) is 10.0 Å². The van der Waals surface area contributed by atoms with Crippen LogP contribution in [0.5, 0.6) is 0 Å². The molecule has 0 aliphatic heterocycles. The van der Waals surface area contributed by atoms with Crippen LogP contribution >= 0.6 is 23.2 Å². The first-order valence-corrected chi connectivity index (χ1v) is 11.4. The van der Waals surface area contributed by atoms with Gasteiger partial charge in [0.2, 0.25) is 0 Å². The Kier molecular flexibility index (Phi) is 7.37. The number of hydrogen-bond donors (Lipinski definition) is 2. The van der Waals surface area contributed by atoms with Gasteiger partial charge in [-0.15, -0.1) is 0 Å². The maximum atomic E-state index is 13.1. The van der Waals surface area contributed by atoms with Crippen molar-refractivity contribution in [2.45, 2.75) is 16.7 Å². The molecule has 7 nitrogen and oxygen atoms in total. The van der Waals surface area contributed by atoms with Crippen molar-refractivity contribution in [1.29, 1.82) is 0 Å². The molecule has 162 valence electrons. The molecule has 2 amide bonds. The molecule has 1 aromatic heterocycles. The Morgan fingerprint density at radius 3 is 2.23 bits per heavy atom. The van der Waals surface area contributed by atoms with Gasteiger partial charge in [0.05, 0.1) is 11.2 Å². The number of nitrogens with one attached hydrogen (secondary N) is 2. The van der Waals surface area contributed by atoms with Crippen molar-refractivity contribution in [3.05, 3.63) is 88.3 Å². The Bertz CT molecular complexity index is 1160. The zero-order chi connectivity index (χ0) is 22.4. The molecule has 0 unspecified atom stereocenters. The molecule has 0 saturated heterocycles. The number of furan rings is 1. The quantitative estimate of drug-likeness (QED) is 0.503. The van der Waals surface area contributed by atoms with Gasteiger partial charge in [0.25, 0.3) is 0 Å². The van der Waals surface area contributed by atoms with Gasteiger partial charge < -0.3 is 15.1 Å². The average molecular weight is 481 g/mol. The van der Waals surface area contributed by atoms with Crippen LogP contribution in [-0.2, 0) is 26.0 Å². The van der Waals surface area contributed by atoms with Crippen LogP contribution in [-0.4, -0.2) is 26.8 Å². The lowest BCUT2D eigenvalue weighted by molar-refractivity contribution is -0.139. The third-order valence-corrected chi connectivity index (χ3v) is 7.13. The third kappa shape index (κ3) is 5.66. The predicted octanol–water partition coefficient (Wildman–Crippen LogP) is 3.53. The summed E-state index contributed by atoms with van der Waals surface area (Å²) >= 11 is 11.9. The van der Waals surface area contributed by atoms with Crippen LogP contribution in [0.3, 0.4) is 0 Å². The first kappa shape index (κ1) is 22.9. The number of sulfone groups is 1. The Labute approximate surface area is 189 Å². The second kappa shape index (κ2) is 10.00. The summed E-state index contributed by atoms with van der Waals surface area (Å²) in [6, 6.07) is 15.5. The van der Waals surface area contributed by atoms with Gasteiger partial charge in [-0.1, -0.05) is 41.4 Å². The average Bonchev–Trinajstić information content (AvgIpc) is 3.27. The highest BCUT2D eigenvalue weighted by Gasteiger charge is 2.32. The number of benzene rings is 2. The number of halogens is 2. The van der Waals surface area contributed by atoms with Gasteiger partial charge in [-0.3, -0.25) is 9.59 Å². The molecule has 31 heavy (non-hydrogen) atoms. The summed E-state index contributed by atoms with van der Waals surface area (Å²) in [5.41, 5.74) is 0.643. The Morgan fingerprint density at radius 2 is 1.58 bits per heavy atom. The largest absolute Gasteiger partial charge is 0.468 e. The lowest BCUT2D eigenvalue weighted by Crippen LogP contribution is -2.42. The summed E-state index contributed by atoms with van der Waals surface area (Å²) in [4.78, 5) is 24.4. The SMILES string of the molecule is O=C(NCc1ccccc1Cl)C(=O)NC[C@@H](c1ccco1)S(=O)(=O)c1ccc(Cl)cc1. The lowest BCUT2D eigenvalue weighted by atomic mass is 10.2. The molecule has 1 heterocycles. The predicted molar refractivity (Wildman–Crippen MR) is 116 cm³/mol. The van der Waals surface area contributed by atoms with Crippen molar-refractivity contribution >= 4 is 44.9 Å². The maximum Gasteiger partial charge on any atom is 0.309 e. The van der Waals surface area contributed by atoms with Crippen LogP contribution in [0.15, 0.2) is 76.2 Å². The summed E-state index contributed by atoms with van der Waals surface area (Å²) in [7, 11) is -3.94. The van der Waals surface area contributed by atoms with Crippen molar-refractivity contribution < 1.29 is 22.4 Å². The molecule has 1 atom stereocenters. The number of carbonyl (C=O) groups is 2. The molecule has 0 spiro atoms. The highest BCUT2D eigenvalue weighted by molar-refractivity contribution is 7.91. The molecular weight excluding hydrogens is 463 g/mol. The van der Waals surface area contributed by atoms with Crippen LogP contribution < -0.4 is 10.6 Å². The van der Waals surface area contributed by atoms with Gasteiger partial charge in [-0.05, 0) is 48.0 Å². The normalized spacial score (nSPS) is 12.2. The second-order valence-electron chi connectivity index (χ2n) is 6.49. The monoisotopic (exact) mass is 480 g/mol. The van der Waals surface area contributed by atoms with Crippen molar-refractivity contribution in [1.82, 2.24) is 10.6 Å². The van der Waals surface area contributed by atoms with E-state index >= 15 is 0 Å². The van der Waals surface area contributed by atoms with E-state index in [1.54, 1.807) is 24.3 Å². The van der Waals surface area contributed by atoms with E-state index in [1.807, 2.05) is 0 Å². The van der Waals surface area contributed by atoms with Gasteiger partial charge in [-0.25, -0.2) is 8.42 Å². The standard InChI is InChI=1S/C21H18Cl2N2O5S/c22-15-7-9-16(10-8-15)31(28,29)19(18-6-3-11-30-18)13-25-21(27)20(26)24-12-14-4-1-2-5-17(14)23/h1-11,19H,12-13H2,(H,24,26)(H,25,27)/t19-/m0/s1. The van der Waals surface area contributed by atoms with Crippen molar-refractivity contribution in [2.24, 2.45) is 0 Å². The van der Waals surface area contributed by atoms with Crippen LogP contribution in [0.25, 0.3) is 0 Å². The van der Waals surface area contributed by atoms with E-state index < -0.39 is 26.9 Å².